The van der Waals surface area contributed by atoms with Crippen LogP contribution in [0.15, 0.2) is 40.0 Å². The minimum atomic E-state index is -0.178. The topological polar surface area (TPSA) is 45.8 Å². The van der Waals surface area contributed by atoms with Crippen LogP contribution in [0.2, 0.25) is 0 Å². The normalized spacial score (nSPS) is 10.6. The van der Waals surface area contributed by atoms with Crippen molar-refractivity contribution in [2.45, 2.75) is 17.7 Å². The first-order valence-electron chi connectivity index (χ1n) is 5.62. The Kier molecular flexibility index (Phi) is 4.44. The van der Waals surface area contributed by atoms with Crippen LogP contribution in [-0.4, -0.2) is 15.7 Å². The van der Waals surface area contributed by atoms with Crippen molar-refractivity contribution in [2.24, 2.45) is 0 Å². The summed E-state index contributed by atoms with van der Waals surface area (Å²) in [4.78, 5) is 19.7. The van der Waals surface area contributed by atoms with Gasteiger partial charge in [-0.05, 0) is 17.9 Å². The summed E-state index contributed by atoms with van der Waals surface area (Å²) in [6.45, 7) is 2.11. The highest BCUT2D eigenvalue weighted by Gasteiger charge is 2.03. The first-order valence-corrected chi connectivity index (χ1v) is 7.14. The van der Waals surface area contributed by atoms with E-state index in [-0.39, 0.29) is 11.4 Å². The minimum Gasteiger partial charge on any atom is -0.307 e. The molecule has 0 atom stereocenters. The molecule has 0 aliphatic carbocycles. The van der Waals surface area contributed by atoms with E-state index in [2.05, 4.69) is 16.9 Å². The predicted octanol–water partition coefficient (Wildman–Crippen LogP) is 3.29. The lowest BCUT2D eigenvalue weighted by atomic mass is 10.2. The van der Waals surface area contributed by atoms with Crippen molar-refractivity contribution >= 4 is 23.4 Å². The number of aromatic amines is 1. The average molecular weight is 281 g/mol. The van der Waals surface area contributed by atoms with Crippen molar-refractivity contribution in [2.75, 3.05) is 5.75 Å². The largest absolute Gasteiger partial charge is 0.307 e. The zero-order chi connectivity index (χ0) is 13.0. The smallest absolute Gasteiger partial charge is 0.251 e. The lowest BCUT2D eigenvalue weighted by Gasteiger charge is -2.04. The molecular weight excluding hydrogens is 268 g/mol. The number of rotatable bonds is 4. The third kappa shape index (κ3) is 3.15. The molecule has 1 N–H and O–H groups in total. The maximum absolute atomic E-state index is 11.5. The molecule has 0 fully saturated rings. The van der Waals surface area contributed by atoms with Crippen LogP contribution in [0, 0.1) is 0 Å². The van der Waals surface area contributed by atoms with E-state index < -0.39 is 0 Å². The summed E-state index contributed by atoms with van der Waals surface area (Å²) in [6.07, 6.45) is 0. The van der Waals surface area contributed by atoms with Gasteiger partial charge >= 0.3 is 0 Å². The average Bonchev–Trinajstić information content (AvgIpc) is 2.39. The van der Waals surface area contributed by atoms with Gasteiger partial charge in [-0.15, -0.1) is 23.4 Å². The van der Waals surface area contributed by atoms with E-state index in [0.29, 0.717) is 11.5 Å². The number of H-pyrrole nitrogens is 1. The molecule has 0 radical (unpaired) electrons. The second-order valence-electron chi connectivity index (χ2n) is 3.68. The molecule has 0 aliphatic rings. The molecule has 1 aromatic carbocycles. The Morgan fingerprint density at radius 2 is 2.06 bits per heavy atom. The summed E-state index contributed by atoms with van der Waals surface area (Å²) >= 11 is 7.48. The number of hydrogen-bond acceptors (Lipinski definition) is 3. The van der Waals surface area contributed by atoms with Crippen molar-refractivity contribution in [1.29, 1.82) is 0 Å². The highest BCUT2D eigenvalue weighted by molar-refractivity contribution is 7.99. The van der Waals surface area contributed by atoms with Gasteiger partial charge in [-0.25, -0.2) is 4.98 Å². The molecule has 2 aromatic rings. The molecule has 94 valence electrons. The van der Waals surface area contributed by atoms with Crippen molar-refractivity contribution in [3.63, 3.8) is 0 Å². The summed E-state index contributed by atoms with van der Waals surface area (Å²) in [5, 5.41) is 0. The van der Waals surface area contributed by atoms with Gasteiger partial charge in [0, 0.05) is 16.5 Å². The molecule has 1 aromatic heterocycles. The molecule has 0 aliphatic heterocycles. The molecule has 3 nitrogen and oxygen atoms in total. The number of benzene rings is 1. The zero-order valence-corrected chi connectivity index (χ0v) is 11.5. The van der Waals surface area contributed by atoms with Crippen LogP contribution in [0.4, 0.5) is 0 Å². The molecule has 0 unspecified atom stereocenters. The van der Waals surface area contributed by atoms with Crippen LogP contribution in [0.5, 0.6) is 0 Å². The second kappa shape index (κ2) is 6.07. The van der Waals surface area contributed by atoms with Gasteiger partial charge in [0.2, 0.25) is 0 Å². The first-order chi connectivity index (χ1) is 8.72. The molecule has 0 spiro atoms. The second-order valence-corrected chi connectivity index (χ2v) is 5.28. The standard InChI is InChI=1S/C13H13ClN2OS/c1-2-18-11-5-3-9(4-6-11)13-15-10(8-14)7-12(17)16-13/h3-7H,2,8H2,1H3,(H,15,16,17). The molecule has 1 heterocycles. The lowest BCUT2D eigenvalue weighted by Crippen LogP contribution is -2.09. The summed E-state index contributed by atoms with van der Waals surface area (Å²) in [5.41, 5.74) is 1.30. The van der Waals surface area contributed by atoms with Crippen LogP contribution < -0.4 is 5.56 Å². The van der Waals surface area contributed by atoms with E-state index in [4.69, 9.17) is 11.6 Å². The van der Waals surface area contributed by atoms with Crippen molar-refractivity contribution in [3.8, 4) is 11.4 Å². The fourth-order valence-electron chi connectivity index (χ4n) is 1.59. The van der Waals surface area contributed by atoms with Gasteiger partial charge in [-0.2, -0.15) is 0 Å². The van der Waals surface area contributed by atoms with E-state index in [1.165, 1.54) is 11.0 Å². The van der Waals surface area contributed by atoms with Gasteiger partial charge in [-0.1, -0.05) is 19.1 Å². The number of hydrogen-bond donors (Lipinski definition) is 1. The monoisotopic (exact) mass is 280 g/mol. The van der Waals surface area contributed by atoms with Gasteiger partial charge < -0.3 is 4.98 Å². The molecular formula is C13H13ClN2OS. The minimum absolute atomic E-state index is 0.178. The number of alkyl halides is 1. The van der Waals surface area contributed by atoms with Gasteiger partial charge in [0.15, 0.2) is 0 Å². The molecule has 0 bridgehead atoms. The first kappa shape index (κ1) is 13.2. The Morgan fingerprint density at radius 3 is 2.67 bits per heavy atom. The number of halogens is 1. The maximum Gasteiger partial charge on any atom is 0.251 e. The molecule has 18 heavy (non-hydrogen) atoms. The van der Waals surface area contributed by atoms with E-state index in [1.807, 2.05) is 24.3 Å². The number of nitrogens with one attached hydrogen (secondary N) is 1. The fourth-order valence-corrected chi connectivity index (χ4v) is 2.39. The Bertz CT molecular complexity index is 580. The van der Waals surface area contributed by atoms with Crippen molar-refractivity contribution < 1.29 is 0 Å². The highest BCUT2D eigenvalue weighted by Crippen LogP contribution is 2.21. The zero-order valence-electron chi connectivity index (χ0n) is 9.94. The maximum atomic E-state index is 11.5. The van der Waals surface area contributed by atoms with Gasteiger partial charge in [0.25, 0.3) is 5.56 Å². The van der Waals surface area contributed by atoms with E-state index in [9.17, 15) is 4.79 Å². The number of nitrogens with zero attached hydrogens (tertiary/aromatic N) is 1. The Morgan fingerprint density at radius 1 is 1.33 bits per heavy atom. The number of thioether (sulfide) groups is 1. The summed E-state index contributed by atoms with van der Waals surface area (Å²) in [6, 6.07) is 9.37. The third-order valence-corrected chi connectivity index (χ3v) is 3.54. The van der Waals surface area contributed by atoms with Gasteiger partial charge in [0.05, 0.1) is 11.6 Å². The molecule has 0 amide bonds. The van der Waals surface area contributed by atoms with Crippen molar-refractivity contribution in [1.82, 2.24) is 9.97 Å². The quantitative estimate of drug-likeness (QED) is 0.690. The SMILES string of the molecule is CCSc1ccc(-c2nc(CCl)cc(=O)[nH]2)cc1. The van der Waals surface area contributed by atoms with E-state index >= 15 is 0 Å². The van der Waals surface area contributed by atoms with Gasteiger partial charge in [0.1, 0.15) is 5.82 Å². The number of aromatic nitrogens is 2. The predicted molar refractivity (Wildman–Crippen MR) is 76.2 cm³/mol. The Labute approximate surface area is 115 Å². The van der Waals surface area contributed by atoms with Crippen LogP contribution >= 0.6 is 23.4 Å². The fraction of sp³-hybridized carbons (Fsp3) is 0.231. The van der Waals surface area contributed by atoms with Crippen LogP contribution in [0.1, 0.15) is 12.6 Å². The van der Waals surface area contributed by atoms with E-state index in [1.54, 1.807) is 11.8 Å². The Balaban J connectivity index is 2.36. The van der Waals surface area contributed by atoms with Gasteiger partial charge in [-0.3, -0.25) is 4.79 Å². The lowest BCUT2D eigenvalue weighted by molar-refractivity contribution is 1.06. The van der Waals surface area contributed by atoms with Crippen LogP contribution in [-0.2, 0) is 5.88 Å². The van der Waals surface area contributed by atoms with Crippen LogP contribution in [0.3, 0.4) is 0 Å². The summed E-state index contributed by atoms with van der Waals surface area (Å²) in [7, 11) is 0. The molecule has 2 rings (SSSR count). The molecule has 5 heteroatoms. The molecule has 0 saturated heterocycles. The summed E-state index contributed by atoms with van der Waals surface area (Å²) < 4.78 is 0. The molecule has 0 saturated carbocycles. The summed E-state index contributed by atoms with van der Waals surface area (Å²) in [5.74, 6) is 1.84. The van der Waals surface area contributed by atoms with Crippen LogP contribution in [0.25, 0.3) is 11.4 Å². The third-order valence-electron chi connectivity index (χ3n) is 2.37. The Hall–Kier alpha value is -1.26. The van der Waals surface area contributed by atoms with E-state index in [0.717, 1.165) is 11.3 Å². The van der Waals surface area contributed by atoms with Crippen molar-refractivity contribution in [3.05, 3.63) is 46.4 Å². The highest BCUT2D eigenvalue weighted by atomic mass is 35.5.